The van der Waals surface area contributed by atoms with Gasteiger partial charge in [-0.2, -0.15) is 0 Å². The first kappa shape index (κ1) is 23.5. The minimum Gasteiger partial charge on any atom is -0.389 e. The zero-order valence-electron chi connectivity index (χ0n) is 21.1. The van der Waals surface area contributed by atoms with Gasteiger partial charge in [0, 0.05) is 6.42 Å². The molecule has 0 aromatic carbocycles. The maximum atomic E-state index is 12.1. The van der Waals surface area contributed by atoms with Gasteiger partial charge in [-0.15, -0.1) is 0 Å². The number of aliphatic hydroxyl groups excluding tert-OH is 1. The van der Waals surface area contributed by atoms with E-state index in [1.807, 2.05) is 6.08 Å². The molecule has 31 heavy (non-hydrogen) atoms. The fourth-order valence-corrected chi connectivity index (χ4v) is 9.27. The van der Waals surface area contributed by atoms with Crippen LogP contribution in [0.1, 0.15) is 106 Å². The van der Waals surface area contributed by atoms with Crippen molar-refractivity contribution in [3.8, 4) is 0 Å². The van der Waals surface area contributed by atoms with Crippen LogP contribution in [-0.4, -0.2) is 17.0 Å². The average molecular weight is 429 g/mol. The fraction of sp³-hybridized carbons (Fsp3) is 0.897. The van der Waals surface area contributed by atoms with E-state index in [1.165, 1.54) is 44.9 Å². The van der Waals surface area contributed by atoms with Crippen LogP contribution in [0.3, 0.4) is 0 Å². The summed E-state index contributed by atoms with van der Waals surface area (Å²) in [7, 11) is 0. The van der Waals surface area contributed by atoms with Gasteiger partial charge in [0.15, 0.2) is 5.78 Å². The van der Waals surface area contributed by atoms with Crippen LogP contribution in [0.15, 0.2) is 11.6 Å². The van der Waals surface area contributed by atoms with Crippen LogP contribution in [0.5, 0.6) is 0 Å². The number of hydrogen-bond acceptors (Lipinski definition) is 2. The number of carbonyl (C=O) groups is 1. The van der Waals surface area contributed by atoms with Crippen molar-refractivity contribution in [1.82, 2.24) is 0 Å². The van der Waals surface area contributed by atoms with E-state index in [-0.39, 0.29) is 11.2 Å². The lowest BCUT2D eigenvalue weighted by Crippen LogP contribution is -2.54. The predicted octanol–water partition coefficient (Wildman–Crippen LogP) is 7.20. The van der Waals surface area contributed by atoms with E-state index in [0.717, 1.165) is 48.0 Å². The summed E-state index contributed by atoms with van der Waals surface area (Å²) in [6, 6.07) is 0. The fourth-order valence-electron chi connectivity index (χ4n) is 9.27. The quantitative estimate of drug-likeness (QED) is 0.485. The smallest absolute Gasteiger partial charge is 0.155 e. The van der Waals surface area contributed by atoms with Crippen LogP contribution in [0.2, 0.25) is 0 Å². The highest BCUT2D eigenvalue weighted by Crippen LogP contribution is 2.67. The van der Waals surface area contributed by atoms with Gasteiger partial charge in [-0.1, -0.05) is 54.4 Å². The van der Waals surface area contributed by atoms with E-state index >= 15 is 0 Å². The van der Waals surface area contributed by atoms with Crippen LogP contribution in [-0.2, 0) is 4.79 Å². The number of carbonyl (C=O) groups excluding carboxylic acids is 1. The summed E-state index contributed by atoms with van der Waals surface area (Å²) >= 11 is 0. The molecule has 0 aliphatic heterocycles. The number of ketones is 1. The van der Waals surface area contributed by atoms with Crippen molar-refractivity contribution in [3.05, 3.63) is 11.6 Å². The van der Waals surface area contributed by atoms with Crippen molar-refractivity contribution < 1.29 is 9.90 Å². The minimum atomic E-state index is -0.398. The molecule has 4 rings (SSSR count). The van der Waals surface area contributed by atoms with Gasteiger partial charge >= 0.3 is 0 Å². The average Bonchev–Trinajstić information content (AvgIpc) is 3.07. The molecule has 0 saturated heterocycles. The van der Waals surface area contributed by atoms with Crippen molar-refractivity contribution >= 4 is 5.78 Å². The van der Waals surface area contributed by atoms with Gasteiger partial charge in [0.2, 0.25) is 0 Å². The molecule has 2 nitrogen and oxygen atoms in total. The van der Waals surface area contributed by atoms with Crippen LogP contribution in [0.4, 0.5) is 0 Å². The Labute approximate surface area is 191 Å². The Kier molecular flexibility index (Phi) is 6.54. The molecule has 176 valence electrons. The molecule has 0 unspecified atom stereocenters. The molecule has 4 aliphatic carbocycles. The van der Waals surface area contributed by atoms with Gasteiger partial charge in [-0.05, 0) is 109 Å². The van der Waals surface area contributed by atoms with Gasteiger partial charge in [0.05, 0.1) is 6.10 Å². The molecule has 0 aromatic rings. The Morgan fingerprint density at radius 1 is 1.06 bits per heavy atom. The molecule has 3 saturated carbocycles. The van der Waals surface area contributed by atoms with Gasteiger partial charge in [-0.3, -0.25) is 4.79 Å². The van der Waals surface area contributed by atoms with E-state index in [1.54, 1.807) is 0 Å². The second-order valence-electron chi connectivity index (χ2n) is 12.8. The van der Waals surface area contributed by atoms with E-state index in [9.17, 15) is 9.90 Å². The minimum absolute atomic E-state index is 0.0485. The predicted molar refractivity (Wildman–Crippen MR) is 129 cm³/mol. The van der Waals surface area contributed by atoms with E-state index < -0.39 is 6.10 Å². The number of aliphatic hydroxyl groups is 1. The molecule has 0 heterocycles. The first-order valence-corrected chi connectivity index (χ1v) is 13.5. The molecular formula is C29H48O2. The third kappa shape index (κ3) is 3.87. The van der Waals surface area contributed by atoms with Crippen molar-refractivity contribution in [2.45, 2.75) is 112 Å². The van der Waals surface area contributed by atoms with Crippen LogP contribution >= 0.6 is 0 Å². The van der Waals surface area contributed by atoms with Gasteiger partial charge in [0.1, 0.15) is 0 Å². The van der Waals surface area contributed by atoms with Crippen molar-refractivity contribution in [3.63, 3.8) is 0 Å². The van der Waals surface area contributed by atoms with Gasteiger partial charge in [0.25, 0.3) is 0 Å². The summed E-state index contributed by atoms with van der Waals surface area (Å²) in [5, 5.41) is 11.1. The van der Waals surface area contributed by atoms with Crippen molar-refractivity contribution in [1.29, 1.82) is 0 Å². The topological polar surface area (TPSA) is 37.3 Å². The summed E-state index contributed by atoms with van der Waals surface area (Å²) in [6.07, 6.45) is 13.4. The normalized spacial score (nSPS) is 44.3. The Morgan fingerprint density at radius 3 is 2.48 bits per heavy atom. The highest BCUT2D eigenvalue weighted by Gasteiger charge is 2.60. The third-order valence-electron chi connectivity index (χ3n) is 11.2. The SMILES string of the molecule is CC[C@H](CC[C@@H](C)[C@H]1CC[C@H]2[C@@H]3C[C@H](O)C4=CC(=O)CC[C@]4(C)[C@H]3CC[C@]12C)C(C)C. The first-order chi connectivity index (χ1) is 14.6. The maximum absolute atomic E-state index is 12.1. The summed E-state index contributed by atoms with van der Waals surface area (Å²) < 4.78 is 0. The molecule has 9 atom stereocenters. The summed E-state index contributed by atoms with van der Waals surface area (Å²) in [5.74, 6) is 5.62. The lowest BCUT2D eigenvalue weighted by atomic mass is 9.46. The van der Waals surface area contributed by atoms with Crippen LogP contribution in [0.25, 0.3) is 0 Å². The number of rotatable bonds is 6. The second-order valence-corrected chi connectivity index (χ2v) is 12.8. The second kappa shape index (κ2) is 8.62. The zero-order chi connectivity index (χ0) is 22.6. The van der Waals surface area contributed by atoms with Gasteiger partial charge in [-0.25, -0.2) is 0 Å². The van der Waals surface area contributed by atoms with Gasteiger partial charge < -0.3 is 5.11 Å². The van der Waals surface area contributed by atoms with E-state index in [2.05, 4.69) is 41.5 Å². The summed E-state index contributed by atoms with van der Waals surface area (Å²) in [6.45, 7) is 14.7. The lowest BCUT2D eigenvalue weighted by Gasteiger charge is -2.59. The standard InChI is InChI=1S/C29H48O2/c1-7-20(18(2)3)9-8-19(4)23-10-11-24-22-17-27(31)26-16-21(30)12-14-29(26,6)25(22)13-15-28(23,24)5/h16,18-20,22-25,27,31H,7-15,17H2,1-6H3/t19-,20-,22+,23-,24+,25+,27+,28-,29-/m1/s1. The Balaban J connectivity index is 1.51. The monoisotopic (exact) mass is 428 g/mol. The highest BCUT2D eigenvalue weighted by molar-refractivity contribution is 5.91. The third-order valence-corrected chi connectivity index (χ3v) is 11.2. The molecule has 4 aliphatic rings. The lowest BCUT2D eigenvalue weighted by molar-refractivity contribution is -0.119. The Bertz CT molecular complexity index is 708. The van der Waals surface area contributed by atoms with E-state index in [0.29, 0.717) is 23.7 Å². The van der Waals surface area contributed by atoms with Crippen molar-refractivity contribution in [2.24, 2.45) is 52.3 Å². The molecule has 2 heteroatoms. The Morgan fingerprint density at radius 2 is 1.81 bits per heavy atom. The molecule has 0 radical (unpaired) electrons. The number of hydrogen-bond donors (Lipinski definition) is 1. The van der Waals surface area contributed by atoms with Crippen LogP contribution in [0, 0.1) is 52.3 Å². The zero-order valence-corrected chi connectivity index (χ0v) is 21.1. The molecular weight excluding hydrogens is 380 g/mol. The molecule has 0 bridgehead atoms. The maximum Gasteiger partial charge on any atom is 0.155 e. The molecule has 3 fully saturated rings. The summed E-state index contributed by atoms with van der Waals surface area (Å²) in [5.41, 5.74) is 1.57. The summed E-state index contributed by atoms with van der Waals surface area (Å²) in [4.78, 5) is 12.1. The molecule has 1 N–H and O–H groups in total. The van der Waals surface area contributed by atoms with Crippen LogP contribution < -0.4 is 0 Å². The molecule has 0 spiro atoms. The van der Waals surface area contributed by atoms with E-state index in [4.69, 9.17) is 0 Å². The Hall–Kier alpha value is -0.630. The molecule has 0 amide bonds. The van der Waals surface area contributed by atoms with Crippen molar-refractivity contribution in [2.75, 3.05) is 0 Å². The largest absolute Gasteiger partial charge is 0.389 e. The first-order valence-electron chi connectivity index (χ1n) is 13.5. The molecule has 0 aromatic heterocycles. The highest BCUT2D eigenvalue weighted by atomic mass is 16.3. The number of fused-ring (bicyclic) bond motifs is 5.